The van der Waals surface area contributed by atoms with Crippen LogP contribution in [0.25, 0.3) is 28.0 Å². The smallest absolute Gasteiger partial charge is 0.142 e. The number of imidazole rings is 1. The molecule has 5 nitrogen and oxygen atoms in total. The lowest BCUT2D eigenvalue weighted by Crippen LogP contribution is -2.42. The summed E-state index contributed by atoms with van der Waals surface area (Å²) in [6.45, 7) is 3.73. The van der Waals surface area contributed by atoms with Gasteiger partial charge in [0.1, 0.15) is 17.3 Å². The van der Waals surface area contributed by atoms with Crippen LogP contribution in [0.5, 0.6) is 11.5 Å². The molecule has 1 heterocycles. The molecule has 2 aliphatic rings. The largest absolute Gasteiger partial charge is 0.507 e. The number of fused-ring (bicyclic) bond motifs is 1. The van der Waals surface area contributed by atoms with E-state index >= 15 is 0 Å². The number of allylic oxidation sites excluding steroid dienone is 2. The van der Waals surface area contributed by atoms with Crippen molar-refractivity contribution in [2.24, 2.45) is 11.8 Å². The van der Waals surface area contributed by atoms with Crippen LogP contribution in [0.4, 0.5) is 0 Å². The molecule has 0 amide bonds. The van der Waals surface area contributed by atoms with E-state index in [0.29, 0.717) is 29.7 Å². The maximum Gasteiger partial charge on any atom is 0.142 e. The molecule has 0 spiro atoms. The molecule has 5 heteroatoms. The molecule has 1 atom stereocenters. The quantitative estimate of drug-likeness (QED) is 0.121. The van der Waals surface area contributed by atoms with Gasteiger partial charge < -0.3 is 19.6 Å². The van der Waals surface area contributed by atoms with Gasteiger partial charge in [0.25, 0.3) is 0 Å². The number of aromatic nitrogens is 2. The van der Waals surface area contributed by atoms with Crippen LogP contribution in [-0.2, 0) is 4.74 Å². The van der Waals surface area contributed by atoms with Gasteiger partial charge in [-0.1, -0.05) is 113 Å². The molecule has 1 fully saturated rings. The molecule has 0 radical (unpaired) electrons. The highest BCUT2D eigenvalue weighted by Crippen LogP contribution is 2.44. The summed E-state index contributed by atoms with van der Waals surface area (Å²) in [6.07, 6.45) is 23.1. The molecule has 1 unspecified atom stereocenters. The van der Waals surface area contributed by atoms with Crippen LogP contribution in [0.1, 0.15) is 96.0 Å². The summed E-state index contributed by atoms with van der Waals surface area (Å²) < 4.78 is 12.9. The molecule has 0 saturated heterocycles. The van der Waals surface area contributed by atoms with E-state index in [1.807, 2.05) is 36.4 Å². The van der Waals surface area contributed by atoms with Crippen LogP contribution in [-0.4, -0.2) is 33.9 Å². The number of benzene rings is 3. The summed E-state index contributed by atoms with van der Waals surface area (Å²) in [7, 11) is 0. The average molecular weight is 633 g/mol. The van der Waals surface area contributed by atoms with E-state index in [9.17, 15) is 5.11 Å². The van der Waals surface area contributed by atoms with Crippen LogP contribution in [0.15, 0.2) is 91.0 Å². The van der Waals surface area contributed by atoms with Gasteiger partial charge in [-0.2, -0.15) is 0 Å². The lowest BCUT2D eigenvalue weighted by molar-refractivity contribution is -0.0648. The van der Waals surface area contributed by atoms with Crippen molar-refractivity contribution < 1.29 is 14.6 Å². The second kappa shape index (κ2) is 16.3. The Hall–Kier alpha value is -3.83. The number of nitrogens with one attached hydrogen (secondary N) is 1. The second-order valence-corrected chi connectivity index (χ2v) is 13.6. The Kier molecular flexibility index (Phi) is 11.5. The van der Waals surface area contributed by atoms with Gasteiger partial charge in [-0.25, -0.2) is 4.98 Å². The summed E-state index contributed by atoms with van der Waals surface area (Å²) in [4.78, 5) is 7.88. The number of nitrogens with zero attached hydrogens (tertiary/aromatic N) is 1. The molecule has 1 aromatic heterocycles. The first-order chi connectivity index (χ1) is 23.1. The number of H-pyrrole nitrogens is 1. The Morgan fingerprint density at radius 1 is 0.851 bits per heavy atom. The zero-order valence-corrected chi connectivity index (χ0v) is 28.1. The number of unbranched alkanes of at least 4 members (excludes halogenated alkanes) is 5. The predicted octanol–water partition coefficient (Wildman–Crippen LogP) is 11.1. The first-order valence-electron chi connectivity index (χ1n) is 18.1. The summed E-state index contributed by atoms with van der Waals surface area (Å²) in [5.74, 6) is 3.00. The van der Waals surface area contributed by atoms with Gasteiger partial charge in [0, 0.05) is 12.7 Å². The highest BCUT2D eigenvalue weighted by molar-refractivity contribution is 5.80. The second-order valence-electron chi connectivity index (χ2n) is 13.6. The number of rotatable bonds is 16. The van der Waals surface area contributed by atoms with Crippen molar-refractivity contribution >= 4 is 16.6 Å². The van der Waals surface area contributed by atoms with E-state index in [-0.39, 0.29) is 11.4 Å². The zero-order chi connectivity index (χ0) is 32.3. The third-order valence-corrected chi connectivity index (χ3v) is 10.3. The number of hydrogen-bond acceptors (Lipinski definition) is 4. The molecule has 3 aromatic carbocycles. The zero-order valence-electron chi connectivity index (χ0n) is 28.1. The van der Waals surface area contributed by atoms with Crippen molar-refractivity contribution in [2.75, 3.05) is 13.2 Å². The molecule has 4 aromatic rings. The Balaban J connectivity index is 0.950. The van der Waals surface area contributed by atoms with Gasteiger partial charge in [0.05, 0.1) is 28.8 Å². The number of phenolic OH excluding ortho intramolecular Hbond substituents is 1. The highest BCUT2D eigenvalue weighted by atomic mass is 16.5. The third-order valence-electron chi connectivity index (χ3n) is 10.3. The van der Waals surface area contributed by atoms with Crippen molar-refractivity contribution in [3.63, 3.8) is 0 Å². The maximum atomic E-state index is 10.7. The number of phenols is 1. The Bertz CT molecular complexity index is 1580. The lowest BCUT2D eigenvalue weighted by Gasteiger charge is -2.43. The topological polar surface area (TPSA) is 67.4 Å². The maximum absolute atomic E-state index is 10.7. The predicted molar refractivity (Wildman–Crippen MR) is 194 cm³/mol. The fourth-order valence-corrected chi connectivity index (χ4v) is 7.52. The number of para-hydroxylation sites is 2. The summed E-state index contributed by atoms with van der Waals surface area (Å²) >= 11 is 0. The van der Waals surface area contributed by atoms with Crippen LogP contribution >= 0.6 is 0 Å². The SMILES string of the molecule is CCCCC[C@H]1CC[C@H](C2(OCCCCCCOc3ccc(-c4nc5ccccc5[nH]4)c(O)c3)C=CC(c3ccccc3)=CC2)CC1. The Labute approximate surface area is 281 Å². The molecule has 47 heavy (non-hydrogen) atoms. The van der Waals surface area contributed by atoms with Crippen molar-refractivity contribution in [1.29, 1.82) is 0 Å². The van der Waals surface area contributed by atoms with E-state index in [1.165, 1.54) is 62.5 Å². The van der Waals surface area contributed by atoms with Gasteiger partial charge in [0.2, 0.25) is 0 Å². The first kappa shape index (κ1) is 33.1. The molecule has 1 saturated carbocycles. The van der Waals surface area contributed by atoms with Crippen LogP contribution in [0, 0.1) is 11.8 Å². The van der Waals surface area contributed by atoms with E-state index in [2.05, 4.69) is 65.5 Å². The first-order valence-corrected chi connectivity index (χ1v) is 18.1. The number of aromatic amines is 1. The molecule has 2 N–H and O–H groups in total. The normalized spacial score (nSPS) is 21.2. The van der Waals surface area contributed by atoms with Gasteiger partial charge >= 0.3 is 0 Å². The molecule has 0 bridgehead atoms. The van der Waals surface area contributed by atoms with Gasteiger partial charge in [-0.15, -0.1) is 0 Å². The molecule has 248 valence electrons. The monoisotopic (exact) mass is 632 g/mol. The van der Waals surface area contributed by atoms with Crippen LogP contribution < -0.4 is 4.74 Å². The number of aromatic hydroxyl groups is 1. The minimum atomic E-state index is -0.174. The number of ether oxygens (including phenoxy) is 2. The van der Waals surface area contributed by atoms with Gasteiger partial charge in [0.15, 0.2) is 0 Å². The fraction of sp³-hybridized carbons (Fsp3) is 0.452. The standard InChI is InChI=1S/C42H52N2O3/c1-2-3-7-14-32-19-21-35(22-20-32)42(27-25-34(26-28-42)33-15-8-6-9-16-33)47-30-13-5-4-12-29-46-36-23-24-37(40(45)31-36)41-43-38-17-10-11-18-39(38)44-41/h6,8-11,15-18,23-27,31-32,35,45H,2-5,7,12-14,19-22,28-30H2,1H3,(H,43,44)/t32-,35-,42?. The molecule has 2 aliphatic carbocycles. The number of hydrogen-bond donors (Lipinski definition) is 2. The molecule has 0 aliphatic heterocycles. The van der Waals surface area contributed by atoms with E-state index in [0.717, 1.165) is 55.7 Å². The third kappa shape index (κ3) is 8.56. The lowest BCUT2D eigenvalue weighted by atomic mass is 9.69. The van der Waals surface area contributed by atoms with Crippen molar-refractivity contribution in [2.45, 2.75) is 96.0 Å². The average Bonchev–Trinajstić information content (AvgIpc) is 3.55. The summed E-state index contributed by atoms with van der Waals surface area (Å²) in [6, 6.07) is 24.1. The van der Waals surface area contributed by atoms with Crippen molar-refractivity contribution in [1.82, 2.24) is 9.97 Å². The van der Waals surface area contributed by atoms with Crippen LogP contribution in [0.2, 0.25) is 0 Å². The van der Waals surface area contributed by atoms with Crippen molar-refractivity contribution in [3.8, 4) is 22.9 Å². The van der Waals surface area contributed by atoms with Gasteiger partial charge in [-0.3, -0.25) is 0 Å². The fourth-order valence-electron chi connectivity index (χ4n) is 7.52. The summed E-state index contributed by atoms with van der Waals surface area (Å²) in [5.41, 5.74) is 4.93. The Morgan fingerprint density at radius 2 is 1.64 bits per heavy atom. The summed E-state index contributed by atoms with van der Waals surface area (Å²) in [5, 5.41) is 10.7. The van der Waals surface area contributed by atoms with E-state index < -0.39 is 0 Å². The minimum absolute atomic E-state index is 0.167. The molecule has 6 rings (SSSR count). The Morgan fingerprint density at radius 3 is 2.38 bits per heavy atom. The van der Waals surface area contributed by atoms with Crippen molar-refractivity contribution in [3.05, 3.63) is 96.6 Å². The van der Waals surface area contributed by atoms with Crippen LogP contribution in [0.3, 0.4) is 0 Å². The van der Waals surface area contributed by atoms with Gasteiger partial charge in [-0.05, 0) is 85.8 Å². The highest BCUT2D eigenvalue weighted by Gasteiger charge is 2.40. The van der Waals surface area contributed by atoms with E-state index in [4.69, 9.17) is 9.47 Å². The minimum Gasteiger partial charge on any atom is -0.507 e. The van der Waals surface area contributed by atoms with E-state index in [1.54, 1.807) is 6.07 Å². The molecular formula is C42H52N2O3. The molecular weight excluding hydrogens is 580 g/mol.